The van der Waals surface area contributed by atoms with Crippen LogP contribution in [0, 0.1) is 0 Å². The molecule has 0 heterocycles. The summed E-state index contributed by atoms with van der Waals surface area (Å²) in [5.74, 6) is 0. The van der Waals surface area contributed by atoms with Crippen molar-refractivity contribution in [1.82, 2.24) is 5.32 Å². The van der Waals surface area contributed by atoms with Crippen molar-refractivity contribution in [2.45, 2.75) is 45.3 Å². The zero-order chi connectivity index (χ0) is 11.0. The van der Waals surface area contributed by atoms with E-state index >= 15 is 0 Å². The fourth-order valence-corrected chi connectivity index (χ4v) is 1.08. The van der Waals surface area contributed by atoms with E-state index in [0.717, 1.165) is 26.1 Å². The Morgan fingerprint density at radius 3 is 2.43 bits per heavy atom. The van der Waals surface area contributed by atoms with Crippen molar-refractivity contribution in [2.75, 3.05) is 27.4 Å². The molecule has 0 aromatic heterocycles. The van der Waals surface area contributed by atoms with Crippen molar-refractivity contribution in [3.8, 4) is 0 Å². The third kappa shape index (κ3) is 7.30. The molecule has 3 nitrogen and oxygen atoms in total. The van der Waals surface area contributed by atoms with E-state index in [9.17, 15) is 0 Å². The lowest BCUT2D eigenvalue weighted by Crippen LogP contribution is -2.29. The zero-order valence-corrected chi connectivity index (χ0v) is 10.2. The monoisotopic (exact) mass is 203 g/mol. The molecule has 0 saturated heterocycles. The normalized spacial score (nSPS) is 14.4. The Kier molecular flexibility index (Phi) is 7.15. The number of rotatable bonds is 8. The Balaban J connectivity index is 3.54. The summed E-state index contributed by atoms with van der Waals surface area (Å²) in [5, 5.41) is 3.19. The maximum atomic E-state index is 5.78. The molecule has 0 aliphatic heterocycles. The highest BCUT2D eigenvalue weighted by atomic mass is 16.5. The van der Waals surface area contributed by atoms with Crippen molar-refractivity contribution in [2.24, 2.45) is 0 Å². The van der Waals surface area contributed by atoms with Gasteiger partial charge in [-0.25, -0.2) is 0 Å². The van der Waals surface area contributed by atoms with Gasteiger partial charge in [-0.05, 0) is 40.7 Å². The lowest BCUT2D eigenvalue weighted by molar-refractivity contribution is -0.0390. The van der Waals surface area contributed by atoms with Crippen LogP contribution in [-0.4, -0.2) is 39.0 Å². The van der Waals surface area contributed by atoms with Gasteiger partial charge in [0, 0.05) is 26.4 Å². The van der Waals surface area contributed by atoms with Crippen LogP contribution in [0.15, 0.2) is 0 Å². The van der Waals surface area contributed by atoms with Crippen molar-refractivity contribution in [3.63, 3.8) is 0 Å². The highest BCUT2D eigenvalue weighted by Crippen LogP contribution is 2.14. The lowest BCUT2D eigenvalue weighted by Gasteiger charge is -2.25. The minimum absolute atomic E-state index is 0.0660. The average molecular weight is 203 g/mol. The van der Waals surface area contributed by atoms with Gasteiger partial charge in [0.2, 0.25) is 0 Å². The summed E-state index contributed by atoms with van der Waals surface area (Å²) in [5.41, 5.74) is -0.0660. The Labute approximate surface area is 88.2 Å². The van der Waals surface area contributed by atoms with E-state index in [1.807, 2.05) is 7.05 Å². The maximum Gasteiger partial charge on any atom is 0.0648 e. The summed E-state index contributed by atoms with van der Waals surface area (Å²) >= 11 is 0. The average Bonchev–Trinajstić information content (AvgIpc) is 2.14. The largest absolute Gasteiger partial charge is 0.385 e. The van der Waals surface area contributed by atoms with Crippen LogP contribution in [0.2, 0.25) is 0 Å². The first-order valence-electron chi connectivity index (χ1n) is 5.32. The number of hydrogen-bond acceptors (Lipinski definition) is 3. The summed E-state index contributed by atoms with van der Waals surface area (Å²) in [6, 6.07) is 0.522. The number of ether oxygens (including phenoxy) is 2. The standard InChI is InChI=1S/C11H25NO2/c1-10(12-4)6-8-14-11(2,3)7-9-13-5/h10,12H,6-9H2,1-5H3. The molecule has 0 saturated carbocycles. The first kappa shape index (κ1) is 13.9. The van der Waals surface area contributed by atoms with Crippen LogP contribution in [0.5, 0.6) is 0 Å². The smallest absolute Gasteiger partial charge is 0.0648 e. The molecule has 0 aromatic rings. The third-order valence-corrected chi connectivity index (χ3v) is 2.44. The van der Waals surface area contributed by atoms with Crippen LogP contribution in [0.25, 0.3) is 0 Å². The molecule has 0 aliphatic carbocycles. The van der Waals surface area contributed by atoms with Crippen LogP contribution < -0.4 is 5.32 Å². The predicted molar refractivity (Wildman–Crippen MR) is 59.7 cm³/mol. The number of hydrogen-bond donors (Lipinski definition) is 1. The Morgan fingerprint density at radius 2 is 1.93 bits per heavy atom. The highest BCUT2D eigenvalue weighted by molar-refractivity contribution is 4.68. The molecule has 86 valence electrons. The zero-order valence-electron chi connectivity index (χ0n) is 10.2. The van der Waals surface area contributed by atoms with Gasteiger partial charge in [-0.15, -0.1) is 0 Å². The molecule has 0 bridgehead atoms. The summed E-state index contributed by atoms with van der Waals surface area (Å²) < 4.78 is 10.8. The second-order valence-electron chi connectivity index (χ2n) is 4.33. The van der Waals surface area contributed by atoms with Gasteiger partial charge >= 0.3 is 0 Å². The SMILES string of the molecule is CNC(C)CCOC(C)(C)CCOC. The molecular weight excluding hydrogens is 178 g/mol. The van der Waals surface area contributed by atoms with Crippen LogP contribution in [0.3, 0.4) is 0 Å². The predicted octanol–water partition coefficient (Wildman–Crippen LogP) is 1.82. The Bertz CT molecular complexity index is 137. The molecule has 14 heavy (non-hydrogen) atoms. The van der Waals surface area contributed by atoms with Crippen molar-refractivity contribution in [1.29, 1.82) is 0 Å². The van der Waals surface area contributed by atoms with Gasteiger partial charge < -0.3 is 14.8 Å². The van der Waals surface area contributed by atoms with Gasteiger partial charge in [-0.2, -0.15) is 0 Å². The fraction of sp³-hybridized carbons (Fsp3) is 1.00. The van der Waals surface area contributed by atoms with E-state index in [2.05, 4.69) is 26.1 Å². The fourth-order valence-electron chi connectivity index (χ4n) is 1.08. The molecule has 0 aromatic carbocycles. The maximum absolute atomic E-state index is 5.78. The highest BCUT2D eigenvalue weighted by Gasteiger charge is 2.17. The third-order valence-electron chi connectivity index (χ3n) is 2.44. The topological polar surface area (TPSA) is 30.5 Å². The molecule has 0 aliphatic rings. The summed E-state index contributed by atoms with van der Waals surface area (Å²) in [7, 11) is 3.69. The van der Waals surface area contributed by atoms with E-state index in [4.69, 9.17) is 9.47 Å². The number of nitrogens with one attached hydrogen (secondary N) is 1. The first-order chi connectivity index (χ1) is 6.52. The van der Waals surface area contributed by atoms with Crippen molar-refractivity contribution < 1.29 is 9.47 Å². The molecular formula is C11H25NO2. The van der Waals surface area contributed by atoms with Crippen LogP contribution in [0.1, 0.15) is 33.6 Å². The lowest BCUT2D eigenvalue weighted by atomic mass is 10.1. The number of methoxy groups -OCH3 is 1. The molecule has 0 spiro atoms. The second kappa shape index (κ2) is 7.21. The summed E-state index contributed by atoms with van der Waals surface area (Å²) in [6.07, 6.45) is 1.99. The van der Waals surface area contributed by atoms with Gasteiger partial charge in [-0.1, -0.05) is 0 Å². The molecule has 3 heteroatoms. The van der Waals surface area contributed by atoms with E-state index < -0.39 is 0 Å². The first-order valence-corrected chi connectivity index (χ1v) is 5.32. The van der Waals surface area contributed by atoms with Gasteiger partial charge in [-0.3, -0.25) is 0 Å². The second-order valence-corrected chi connectivity index (χ2v) is 4.33. The van der Waals surface area contributed by atoms with Crippen LogP contribution in [0.4, 0.5) is 0 Å². The van der Waals surface area contributed by atoms with E-state index in [1.54, 1.807) is 7.11 Å². The summed E-state index contributed by atoms with van der Waals surface area (Å²) in [6.45, 7) is 7.94. The van der Waals surface area contributed by atoms with Gasteiger partial charge in [0.15, 0.2) is 0 Å². The minimum atomic E-state index is -0.0660. The molecule has 1 N–H and O–H groups in total. The van der Waals surface area contributed by atoms with E-state index in [-0.39, 0.29) is 5.60 Å². The molecule has 0 amide bonds. The molecule has 1 unspecified atom stereocenters. The van der Waals surface area contributed by atoms with Crippen molar-refractivity contribution >= 4 is 0 Å². The molecule has 0 radical (unpaired) electrons. The molecule has 0 fully saturated rings. The molecule has 1 atom stereocenters. The van der Waals surface area contributed by atoms with Crippen LogP contribution >= 0.6 is 0 Å². The quantitative estimate of drug-likeness (QED) is 0.652. The van der Waals surface area contributed by atoms with Gasteiger partial charge in [0.1, 0.15) is 0 Å². The van der Waals surface area contributed by atoms with Gasteiger partial charge in [0.25, 0.3) is 0 Å². The van der Waals surface area contributed by atoms with Gasteiger partial charge in [0.05, 0.1) is 5.60 Å². The Morgan fingerprint density at radius 1 is 1.29 bits per heavy atom. The van der Waals surface area contributed by atoms with E-state index in [1.165, 1.54) is 0 Å². The molecule has 0 rings (SSSR count). The van der Waals surface area contributed by atoms with Crippen LogP contribution in [-0.2, 0) is 9.47 Å². The minimum Gasteiger partial charge on any atom is -0.385 e. The summed E-state index contributed by atoms with van der Waals surface area (Å²) in [4.78, 5) is 0. The van der Waals surface area contributed by atoms with E-state index in [0.29, 0.717) is 6.04 Å². The Hall–Kier alpha value is -0.120. The van der Waals surface area contributed by atoms with Crippen molar-refractivity contribution in [3.05, 3.63) is 0 Å².